The third kappa shape index (κ3) is 8.49. The third-order valence-corrected chi connectivity index (χ3v) is 7.75. The number of nitrogens with zero attached hydrogens (tertiary/aromatic N) is 1. The quantitative estimate of drug-likeness (QED) is 0.388. The Labute approximate surface area is 211 Å². The van der Waals surface area contributed by atoms with Crippen molar-refractivity contribution < 1.29 is 9.59 Å². The maximum atomic E-state index is 13.3. The highest BCUT2D eigenvalue weighted by molar-refractivity contribution is 9.10. The molecule has 33 heavy (non-hydrogen) atoms. The van der Waals surface area contributed by atoms with Crippen LogP contribution in [0.2, 0.25) is 0 Å². The molecule has 1 N–H and O–H groups in total. The number of hydrogen-bond donors (Lipinski definition) is 1. The molecule has 1 unspecified atom stereocenters. The van der Waals surface area contributed by atoms with Gasteiger partial charge in [-0.25, -0.2) is 0 Å². The number of amides is 2. The van der Waals surface area contributed by atoms with Gasteiger partial charge < -0.3 is 10.2 Å². The van der Waals surface area contributed by atoms with Crippen molar-refractivity contribution in [3.8, 4) is 0 Å². The number of rotatable bonds is 11. The van der Waals surface area contributed by atoms with Gasteiger partial charge in [-0.1, -0.05) is 84.6 Å². The molecular formula is C27H35BrN2O2S. The van der Waals surface area contributed by atoms with Gasteiger partial charge in [0.25, 0.3) is 0 Å². The van der Waals surface area contributed by atoms with Crippen LogP contribution >= 0.6 is 27.7 Å². The Hall–Kier alpha value is -1.79. The number of carbonyl (C=O) groups excluding carboxylic acids is 2. The summed E-state index contributed by atoms with van der Waals surface area (Å²) < 4.78 is 1.05. The van der Waals surface area contributed by atoms with Crippen molar-refractivity contribution in [1.82, 2.24) is 10.2 Å². The van der Waals surface area contributed by atoms with Crippen LogP contribution in [0.3, 0.4) is 0 Å². The average Bonchev–Trinajstić information content (AvgIpc) is 2.84. The zero-order valence-electron chi connectivity index (χ0n) is 19.5. The van der Waals surface area contributed by atoms with Crippen molar-refractivity contribution in [3.63, 3.8) is 0 Å². The molecule has 4 nitrogen and oxygen atoms in total. The summed E-state index contributed by atoms with van der Waals surface area (Å²) in [4.78, 5) is 28.4. The fraction of sp³-hybridized carbons (Fsp3) is 0.481. The Morgan fingerprint density at radius 1 is 1.03 bits per heavy atom. The fourth-order valence-corrected chi connectivity index (χ4v) is 5.49. The molecule has 2 aromatic carbocycles. The zero-order valence-corrected chi connectivity index (χ0v) is 21.9. The zero-order chi connectivity index (χ0) is 23.5. The van der Waals surface area contributed by atoms with E-state index in [1.807, 2.05) is 42.2 Å². The fourth-order valence-electron chi connectivity index (χ4n) is 4.36. The largest absolute Gasteiger partial charge is 0.352 e. The molecule has 1 aliphatic rings. The molecule has 1 aliphatic carbocycles. The molecule has 0 aliphatic heterocycles. The Kier molecular flexibility index (Phi) is 10.8. The van der Waals surface area contributed by atoms with Gasteiger partial charge in [-0.15, -0.1) is 11.8 Å². The van der Waals surface area contributed by atoms with Crippen LogP contribution in [0.1, 0.15) is 56.6 Å². The minimum absolute atomic E-state index is 0.00345. The maximum absolute atomic E-state index is 13.3. The molecule has 1 saturated carbocycles. The van der Waals surface area contributed by atoms with Gasteiger partial charge in [0.05, 0.1) is 5.75 Å². The second kappa shape index (κ2) is 13.8. The predicted octanol–water partition coefficient (Wildman–Crippen LogP) is 5.98. The van der Waals surface area contributed by atoms with Gasteiger partial charge in [0.15, 0.2) is 0 Å². The van der Waals surface area contributed by atoms with Crippen LogP contribution in [-0.2, 0) is 21.8 Å². The van der Waals surface area contributed by atoms with E-state index in [1.165, 1.54) is 30.4 Å². The van der Waals surface area contributed by atoms with E-state index < -0.39 is 6.04 Å². The highest BCUT2D eigenvalue weighted by Crippen LogP contribution is 2.20. The van der Waals surface area contributed by atoms with Crippen LogP contribution in [0.5, 0.6) is 0 Å². The molecule has 0 bridgehead atoms. The number of carbonyl (C=O) groups is 2. The molecule has 0 saturated heterocycles. The number of halogens is 1. The van der Waals surface area contributed by atoms with Crippen LogP contribution in [0.15, 0.2) is 59.1 Å². The van der Waals surface area contributed by atoms with Gasteiger partial charge in [0, 0.05) is 22.8 Å². The van der Waals surface area contributed by atoms with E-state index in [4.69, 9.17) is 0 Å². The monoisotopic (exact) mass is 530 g/mol. The van der Waals surface area contributed by atoms with Gasteiger partial charge in [-0.2, -0.15) is 0 Å². The lowest BCUT2D eigenvalue weighted by Crippen LogP contribution is -2.52. The molecule has 178 valence electrons. The molecular weight excluding hydrogens is 496 g/mol. The molecule has 1 fully saturated rings. The van der Waals surface area contributed by atoms with E-state index >= 15 is 0 Å². The van der Waals surface area contributed by atoms with Gasteiger partial charge in [0.2, 0.25) is 11.8 Å². The van der Waals surface area contributed by atoms with Crippen molar-refractivity contribution in [2.45, 2.75) is 69.7 Å². The van der Waals surface area contributed by atoms with Crippen LogP contribution in [0, 0.1) is 0 Å². The molecule has 0 heterocycles. The average molecular weight is 532 g/mol. The van der Waals surface area contributed by atoms with Crippen LogP contribution in [0.4, 0.5) is 0 Å². The van der Waals surface area contributed by atoms with Crippen molar-refractivity contribution in [2.24, 2.45) is 0 Å². The van der Waals surface area contributed by atoms with E-state index in [-0.39, 0.29) is 17.9 Å². The van der Waals surface area contributed by atoms with Crippen molar-refractivity contribution in [1.29, 1.82) is 0 Å². The minimum atomic E-state index is -0.420. The molecule has 6 heteroatoms. The first-order valence-electron chi connectivity index (χ1n) is 12.0. The summed E-state index contributed by atoms with van der Waals surface area (Å²) in [6, 6.07) is 18.2. The SMILES string of the molecule is CCC(C(=O)NC1CCCCC1)N(CCc1ccccc1)C(=O)CSCc1ccc(Br)cc1. The number of thioether (sulfide) groups is 1. The standard InChI is InChI=1S/C27H35BrN2O2S/c1-2-25(27(32)29-24-11-7-4-8-12-24)30(18-17-21-9-5-3-6-10-21)26(31)20-33-19-22-13-15-23(28)16-14-22/h3,5-6,9-10,13-16,24-25H,2,4,7-8,11-12,17-20H2,1H3,(H,29,32). The van der Waals surface area contributed by atoms with E-state index in [0.717, 1.165) is 29.5 Å². The normalized spacial score (nSPS) is 15.1. The highest BCUT2D eigenvalue weighted by atomic mass is 79.9. The van der Waals surface area contributed by atoms with Crippen molar-refractivity contribution in [3.05, 3.63) is 70.2 Å². The smallest absolute Gasteiger partial charge is 0.243 e. The first kappa shape index (κ1) is 25.8. The Balaban J connectivity index is 1.64. The molecule has 2 amide bonds. The van der Waals surface area contributed by atoms with Gasteiger partial charge in [-0.3, -0.25) is 9.59 Å². The maximum Gasteiger partial charge on any atom is 0.243 e. The van der Waals surface area contributed by atoms with E-state index in [9.17, 15) is 9.59 Å². The summed E-state index contributed by atoms with van der Waals surface area (Å²) in [5.74, 6) is 1.19. The van der Waals surface area contributed by atoms with Gasteiger partial charge >= 0.3 is 0 Å². The molecule has 0 aromatic heterocycles. The predicted molar refractivity (Wildman–Crippen MR) is 141 cm³/mol. The highest BCUT2D eigenvalue weighted by Gasteiger charge is 2.29. The molecule has 0 spiro atoms. The number of hydrogen-bond acceptors (Lipinski definition) is 3. The second-order valence-corrected chi connectivity index (χ2v) is 10.6. The lowest BCUT2D eigenvalue weighted by atomic mass is 9.95. The Morgan fingerprint density at radius 2 is 1.73 bits per heavy atom. The summed E-state index contributed by atoms with van der Waals surface area (Å²) in [5.41, 5.74) is 2.37. The first-order chi connectivity index (χ1) is 16.1. The van der Waals surface area contributed by atoms with Crippen LogP contribution in [0.25, 0.3) is 0 Å². The summed E-state index contributed by atoms with van der Waals surface area (Å²) in [6.07, 6.45) is 7.05. The van der Waals surface area contributed by atoms with Crippen molar-refractivity contribution >= 4 is 39.5 Å². The molecule has 3 rings (SSSR count). The summed E-state index contributed by atoms with van der Waals surface area (Å²) in [6.45, 7) is 2.56. The lowest BCUT2D eigenvalue weighted by Gasteiger charge is -2.32. The summed E-state index contributed by atoms with van der Waals surface area (Å²) in [5, 5.41) is 3.25. The summed E-state index contributed by atoms with van der Waals surface area (Å²) >= 11 is 5.07. The van der Waals surface area contributed by atoms with E-state index in [2.05, 4.69) is 45.5 Å². The van der Waals surface area contributed by atoms with Gasteiger partial charge in [0.1, 0.15) is 6.04 Å². The lowest BCUT2D eigenvalue weighted by molar-refractivity contribution is -0.139. The number of benzene rings is 2. The van der Waals surface area contributed by atoms with E-state index in [1.54, 1.807) is 11.8 Å². The molecule has 2 aromatic rings. The Morgan fingerprint density at radius 3 is 2.39 bits per heavy atom. The van der Waals surface area contributed by atoms with Gasteiger partial charge in [-0.05, 0) is 48.9 Å². The summed E-state index contributed by atoms with van der Waals surface area (Å²) in [7, 11) is 0. The van der Waals surface area contributed by atoms with Crippen molar-refractivity contribution in [2.75, 3.05) is 12.3 Å². The topological polar surface area (TPSA) is 49.4 Å². The second-order valence-electron chi connectivity index (χ2n) is 8.71. The minimum Gasteiger partial charge on any atom is -0.352 e. The molecule has 1 atom stereocenters. The third-order valence-electron chi connectivity index (χ3n) is 6.23. The molecule has 0 radical (unpaired) electrons. The first-order valence-corrected chi connectivity index (χ1v) is 14.0. The van der Waals surface area contributed by atoms with Crippen LogP contribution < -0.4 is 5.32 Å². The van der Waals surface area contributed by atoms with Crippen LogP contribution in [-0.4, -0.2) is 41.1 Å². The Bertz CT molecular complexity index is 869. The number of nitrogens with one attached hydrogen (secondary N) is 1. The van der Waals surface area contributed by atoms with E-state index in [0.29, 0.717) is 18.7 Å².